The van der Waals surface area contributed by atoms with Crippen LogP contribution >= 0.6 is 23.2 Å². The van der Waals surface area contributed by atoms with Gasteiger partial charge < -0.3 is 9.47 Å². The number of Topliss-reactive ketones (excluding diaryl/α,β-unsaturated/α-hetero) is 1. The van der Waals surface area contributed by atoms with Crippen molar-refractivity contribution >= 4 is 52.7 Å². The molecule has 5 rings (SSSR count). The normalized spacial score (nSPS) is 17.5. The Kier molecular flexibility index (Phi) is 8.42. The fraction of sp³-hybridized carbons (Fsp3) is 0.194. The number of hydrogen-bond donors (Lipinski definition) is 0. The third kappa shape index (κ3) is 5.79. The van der Waals surface area contributed by atoms with E-state index >= 15 is 0 Å². The van der Waals surface area contributed by atoms with Crippen molar-refractivity contribution in [3.05, 3.63) is 106 Å². The lowest BCUT2D eigenvalue weighted by molar-refractivity contribution is -0.154. The molecule has 3 aromatic rings. The van der Waals surface area contributed by atoms with Gasteiger partial charge in [0.05, 0.1) is 35.1 Å². The summed E-state index contributed by atoms with van der Waals surface area (Å²) in [4.78, 5) is 66.3. The van der Waals surface area contributed by atoms with Gasteiger partial charge in [0.25, 0.3) is 17.7 Å². The van der Waals surface area contributed by atoms with Crippen LogP contribution < -0.4 is 9.47 Å². The molecule has 2 atom stereocenters. The second-order valence-electron chi connectivity index (χ2n) is 9.70. The Balaban J connectivity index is 1.38. The van der Waals surface area contributed by atoms with Gasteiger partial charge in [0.2, 0.25) is 0 Å². The maximum atomic E-state index is 13.7. The molecule has 0 radical (unpaired) electrons. The molecule has 3 aromatic carbocycles. The highest BCUT2D eigenvalue weighted by molar-refractivity contribution is 6.36. The molecule has 9 nitrogen and oxygen atoms in total. The number of esters is 1. The minimum absolute atomic E-state index is 0.00494. The first kappa shape index (κ1) is 29.0. The molecular formula is C31H24Cl2N2O7. The molecule has 1 aliphatic heterocycles. The SMILES string of the molecule is COc1cccc(C(=O)Oc2ccc(C(=O)CN(C(=O)c3ccc(Cl)cc3Cl)N3C(=O)[C@H]4CC=CC[C@H]4C3=O)cc2)c1. The van der Waals surface area contributed by atoms with Crippen LogP contribution in [-0.2, 0) is 9.59 Å². The Hall–Kier alpha value is -4.47. The maximum Gasteiger partial charge on any atom is 0.343 e. The zero-order chi connectivity index (χ0) is 30.0. The number of halogens is 2. The first-order chi connectivity index (χ1) is 20.2. The molecule has 1 heterocycles. The second-order valence-corrected chi connectivity index (χ2v) is 10.5. The molecule has 0 bridgehead atoms. The fourth-order valence-corrected chi connectivity index (χ4v) is 5.40. The van der Waals surface area contributed by atoms with Crippen molar-refractivity contribution in [3.8, 4) is 11.5 Å². The van der Waals surface area contributed by atoms with Gasteiger partial charge in [-0.15, -0.1) is 0 Å². The van der Waals surface area contributed by atoms with Gasteiger partial charge in [-0.2, -0.15) is 5.01 Å². The minimum Gasteiger partial charge on any atom is -0.497 e. The van der Waals surface area contributed by atoms with E-state index < -0.39 is 47.9 Å². The Labute approximate surface area is 251 Å². The first-order valence-electron chi connectivity index (χ1n) is 13.0. The van der Waals surface area contributed by atoms with Crippen LogP contribution in [0.2, 0.25) is 10.0 Å². The number of carbonyl (C=O) groups excluding carboxylic acids is 5. The highest BCUT2D eigenvalue weighted by Gasteiger charge is 2.51. The number of ketones is 1. The lowest BCUT2D eigenvalue weighted by atomic mass is 9.85. The topological polar surface area (TPSA) is 110 Å². The van der Waals surface area contributed by atoms with Crippen molar-refractivity contribution < 1.29 is 33.4 Å². The third-order valence-corrected chi connectivity index (χ3v) is 7.66. The van der Waals surface area contributed by atoms with Gasteiger partial charge in [-0.05, 0) is 73.5 Å². The van der Waals surface area contributed by atoms with E-state index in [1.807, 2.05) is 12.2 Å². The van der Waals surface area contributed by atoms with Gasteiger partial charge in [-0.3, -0.25) is 19.2 Å². The average Bonchev–Trinajstić information content (AvgIpc) is 3.25. The van der Waals surface area contributed by atoms with E-state index in [4.69, 9.17) is 32.7 Å². The zero-order valence-corrected chi connectivity index (χ0v) is 23.8. The Morgan fingerprint density at radius 3 is 2.14 bits per heavy atom. The van der Waals surface area contributed by atoms with Gasteiger partial charge >= 0.3 is 5.97 Å². The summed E-state index contributed by atoms with van der Waals surface area (Å²) in [5, 5.41) is 1.91. The Bertz CT molecular complexity index is 1590. The lowest BCUT2D eigenvalue weighted by Gasteiger charge is -2.30. The van der Waals surface area contributed by atoms with E-state index in [0.717, 1.165) is 10.0 Å². The molecular weight excluding hydrogens is 583 g/mol. The fourth-order valence-electron chi connectivity index (χ4n) is 4.91. The standard InChI is InChI=1S/C31H24Cl2N2O7/c1-41-22-6-4-5-19(15-22)31(40)42-21-12-9-18(10-13-21)27(36)17-34(28(37)25-14-11-20(32)16-26(25)33)35-29(38)23-7-2-3-8-24(23)30(35)39/h2-6,9-16,23-24H,7-8,17H2,1H3/t23-,24+. The predicted molar refractivity (Wildman–Crippen MR) is 153 cm³/mol. The van der Waals surface area contributed by atoms with Crippen molar-refractivity contribution in [3.63, 3.8) is 0 Å². The number of hydrazine groups is 1. The molecule has 0 aromatic heterocycles. The van der Waals surface area contributed by atoms with Gasteiger partial charge in [0.1, 0.15) is 18.0 Å². The van der Waals surface area contributed by atoms with Crippen molar-refractivity contribution in [2.75, 3.05) is 13.7 Å². The van der Waals surface area contributed by atoms with E-state index in [-0.39, 0.29) is 32.5 Å². The van der Waals surface area contributed by atoms with Crippen LogP contribution in [-0.4, -0.2) is 53.1 Å². The molecule has 1 fully saturated rings. The van der Waals surface area contributed by atoms with Gasteiger partial charge in [0, 0.05) is 10.6 Å². The Morgan fingerprint density at radius 1 is 0.857 bits per heavy atom. The number of benzene rings is 3. The van der Waals surface area contributed by atoms with Crippen molar-refractivity contribution in [1.82, 2.24) is 10.0 Å². The van der Waals surface area contributed by atoms with Crippen molar-refractivity contribution in [2.24, 2.45) is 11.8 Å². The Morgan fingerprint density at radius 2 is 1.52 bits per heavy atom. The number of allylic oxidation sites excluding steroid dienone is 2. The number of methoxy groups -OCH3 is 1. The molecule has 2 aliphatic rings. The quantitative estimate of drug-likeness (QED) is 0.111. The molecule has 1 aliphatic carbocycles. The summed E-state index contributed by atoms with van der Waals surface area (Å²) >= 11 is 12.3. The molecule has 0 N–H and O–H groups in total. The zero-order valence-electron chi connectivity index (χ0n) is 22.3. The second kappa shape index (κ2) is 12.2. The first-order valence-corrected chi connectivity index (χ1v) is 13.7. The van der Waals surface area contributed by atoms with Crippen molar-refractivity contribution in [2.45, 2.75) is 12.8 Å². The van der Waals surface area contributed by atoms with E-state index in [0.29, 0.717) is 18.6 Å². The summed E-state index contributed by atoms with van der Waals surface area (Å²) in [5.74, 6) is -3.65. The highest BCUT2D eigenvalue weighted by Crippen LogP contribution is 2.37. The van der Waals surface area contributed by atoms with Crippen LogP contribution in [0.3, 0.4) is 0 Å². The average molecular weight is 607 g/mol. The summed E-state index contributed by atoms with van der Waals surface area (Å²) in [6, 6.07) is 16.3. The summed E-state index contributed by atoms with van der Waals surface area (Å²) in [7, 11) is 1.48. The van der Waals surface area contributed by atoms with Crippen molar-refractivity contribution in [1.29, 1.82) is 0 Å². The number of fused-ring (bicyclic) bond motifs is 1. The number of rotatable bonds is 8. The highest BCUT2D eigenvalue weighted by atomic mass is 35.5. The summed E-state index contributed by atoms with van der Waals surface area (Å²) in [5.41, 5.74) is 0.414. The summed E-state index contributed by atoms with van der Waals surface area (Å²) in [6.07, 6.45) is 4.37. The minimum atomic E-state index is -0.804. The van der Waals surface area contributed by atoms with E-state index in [2.05, 4.69) is 0 Å². The molecule has 0 unspecified atom stereocenters. The predicted octanol–water partition coefficient (Wildman–Crippen LogP) is 5.41. The monoisotopic (exact) mass is 606 g/mol. The molecule has 3 amide bonds. The van der Waals surface area contributed by atoms with E-state index in [1.165, 1.54) is 55.6 Å². The van der Waals surface area contributed by atoms with Crippen LogP contribution in [0.15, 0.2) is 78.9 Å². The van der Waals surface area contributed by atoms with Gasteiger partial charge in [0.15, 0.2) is 5.78 Å². The number of amides is 3. The largest absolute Gasteiger partial charge is 0.497 e. The molecule has 0 spiro atoms. The third-order valence-electron chi connectivity index (χ3n) is 7.11. The van der Waals surface area contributed by atoms with Crippen LogP contribution in [0, 0.1) is 11.8 Å². The lowest BCUT2D eigenvalue weighted by Crippen LogP contribution is -2.52. The molecule has 1 saturated heterocycles. The number of imide groups is 1. The van der Waals surface area contributed by atoms with Crippen LogP contribution in [0.5, 0.6) is 11.5 Å². The van der Waals surface area contributed by atoms with Gasteiger partial charge in [-0.25, -0.2) is 9.80 Å². The molecule has 0 saturated carbocycles. The van der Waals surface area contributed by atoms with Gasteiger partial charge in [-0.1, -0.05) is 41.4 Å². The maximum absolute atomic E-state index is 13.7. The number of ether oxygens (including phenoxy) is 2. The molecule has 214 valence electrons. The summed E-state index contributed by atoms with van der Waals surface area (Å²) < 4.78 is 10.5. The number of hydrogen-bond acceptors (Lipinski definition) is 7. The van der Waals surface area contributed by atoms with E-state index in [9.17, 15) is 24.0 Å². The van der Waals surface area contributed by atoms with E-state index in [1.54, 1.807) is 18.2 Å². The molecule has 11 heteroatoms. The summed E-state index contributed by atoms with van der Waals surface area (Å²) in [6.45, 7) is -0.620. The number of nitrogens with zero attached hydrogens (tertiary/aromatic N) is 2. The van der Waals surface area contributed by atoms with Crippen LogP contribution in [0.4, 0.5) is 0 Å². The number of carbonyl (C=O) groups is 5. The van der Waals surface area contributed by atoms with Crippen LogP contribution in [0.1, 0.15) is 43.9 Å². The smallest absolute Gasteiger partial charge is 0.343 e. The molecule has 42 heavy (non-hydrogen) atoms. The van der Waals surface area contributed by atoms with Crippen LogP contribution in [0.25, 0.3) is 0 Å².